The van der Waals surface area contributed by atoms with Crippen LogP contribution >= 0.6 is 0 Å². The van der Waals surface area contributed by atoms with Crippen molar-refractivity contribution in [2.45, 2.75) is 84.0 Å². The lowest BCUT2D eigenvalue weighted by atomic mass is 9.96. The van der Waals surface area contributed by atoms with E-state index in [0.29, 0.717) is 12.8 Å². The third-order valence-corrected chi connectivity index (χ3v) is 6.06. The highest BCUT2D eigenvalue weighted by molar-refractivity contribution is 5.94. The molecule has 1 aromatic rings. The van der Waals surface area contributed by atoms with Crippen LogP contribution in [0.1, 0.15) is 58.9 Å². The molecule has 37 heavy (non-hydrogen) atoms. The number of nitrogens with two attached hydrogens (primary N) is 2. The fourth-order valence-corrected chi connectivity index (χ4v) is 3.71. The Balaban J connectivity index is 3.11. The van der Waals surface area contributed by atoms with E-state index in [9.17, 15) is 29.1 Å². The first-order valence-electron chi connectivity index (χ1n) is 12.6. The second kappa shape index (κ2) is 15.6. The van der Waals surface area contributed by atoms with Crippen molar-refractivity contribution in [1.82, 2.24) is 16.0 Å². The summed E-state index contributed by atoms with van der Waals surface area (Å²) in [6.45, 7) is 7.44. The molecular weight excluding hydrogens is 478 g/mol. The zero-order valence-electron chi connectivity index (χ0n) is 22.0. The quantitative estimate of drug-likeness (QED) is 0.182. The molecule has 0 aliphatic carbocycles. The smallest absolute Gasteiger partial charge is 0.326 e. The molecule has 0 aliphatic rings. The number of hydrogen-bond donors (Lipinski definition) is 6. The Labute approximate surface area is 218 Å². The van der Waals surface area contributed by atoms with E-state index >= 15 is 0 Å². The molecule has 8 N–H and O–H groups in total. The van der Waals surface area contributed by atoms with Crippen LogP contribution in [0.15, 0.2) is 30.3 Å². The maximum Gasteiger partial charge on any atom is 0.326 e. The second-order valence-electron chi connectivity index (χ2n) is 9.76. The van der Waals surface area contributed by atoms with Crippen molar-refractivity contribution in [2.24, 2.45) is 23.3 Å². The molecule has 0 radical (unpaired) electrons. The Kier molecular flexibility index (Phi) is 13.3. The maximum absolute atomic E-state index is 13.4. The zero-order chi connectivity index (χ0) is 28.1. The zero-order valence-corrected chi connectivity index (χ0v) is 22.0. The van der Waals surface area contributed by atoms with Crippen LogP contribution in [0, 0.1) is 11.8 Å². The number of carboxylic acid groups (broad SMARTS) is 1. The van der Waals surface area contributed by atoms with Gasteiger partial charge in [0, 0.05) is 12.8 Å². The van der Waals surface area contributed by atoms with E-state index in [2.05, 4.69) is 16.0 Å². The number of hydrogen-bond acceptors (Lipinski definition) is 6. The molecule has 4 amide bonds. The summed E-state index contributed by atoms with van der Waals surface area (Å²) >= 11 is 0. The van der Waals surface area contributed by atoms with E-state index in [-0.39, 0.29) is 31.1 Å². The number of aliphatic carboxylic acids is 1. The van der Waals surface area contributed by atoms with Gasteiger partial charge in [-0.1, -0.05) is 64.4 Å². The molecule has 206 valence electrons. The molecule has 5 atom stereocenters. The standard InChI is InChI=1S/C26H41N5O6/c1-5-16(4)22(25(35)29-19(26(36)37)11-12-21(28)32)31-24(34)20(14-17-9-7-6-8-10-17)30-23(33)18(27)13-15(2)3/h6-10,15-16,18-20,22H,5,11-14,27H2,1-4H3,(H2,28,32)(H,29,35)(H,30,33)(H,31,34)(H,36,37). The summed E-state index contributed by atoms with van der Waals surface area (Å²) in [7, 11) is 0. The van der Waals surface area contributed by atoms with E-state index in [1.54, 1.807) is 6.92 Å². The molecule has 0 heterocycles. The number of carboxylic acids is 1. The Morgan fingerprint density at radius 3 is 2.00 bits per heavy atom. The Bertz CT molecular complexity index is 923. The van der Waals surface area contributed by atoms with Crippen LogP contribution in [0.2, 0.25) is 0 Å². The fourth-order valence-electron chi connectivity index (χ4n) is 3.71. The third kappa shape index (κ3) is 11.4. The van der Waals surface area contributed by atoms with Crippen molar-refractivity contribution >= 4 is 29.6 Å². The molecule has 1 aromatic carbocycles. The molecule has 11 heteroatoms. The van der Waals surface area contributed by atoms with Gasteiger partial charge in [0.15, 0.2) is 0 Å². The van der Waals surface area contributed by atoms with Gasteiger partial charge in [0.1, 0.15) is 18.1 Å². The van der Waals surface area contributed by atoms with Crippen LogP contribution in [0.4, 0.5) is 0 Å². The van der Waals surface area contributed by atoms with Crippen molar-refractivity contribution in [3.05, 3.63) is 35.9 Å². The summed E-state index contributed by atoms with van der Waals surface area (Å²) in [5, 5.41) is 17.2. The van der Waals surface area contributed by atoms with Crippen molar-refractivity contribution in [2.75, 3.05) is 0 Å². The number of nitrogens with one attached hydrogen (secondary N) is 3. The average molecular weight is 520 g/mol. The number of carbonyl (C=O) groups excluding carboxylic acids is 4. The largest absolute Gasteiger partial charge is 0.480 e. The number of primary amides is 1. The molecule has 0 saturated carbocycles. The lowest BCUT2D eigenvalue weighted by molar-refractivity contribution is -0.143. The molecule has 0 aromatic heterocycles. The van der Waals surface area contributed by atoms with Crippen LogP contribution in [0.25, 0.3) is 0 Å². The number of amides is 4. The van der Waals surface area contributed by atoms with Gasteiger partial charge in [-0.3, -0.25) is 19.2 Å². The van der Waals surface area contributed by atoms with Crippen LogP contribution in [0.5, 0.6) is 0 Å². The summed E-state index contributed by atoms with van der Waals surface area (Å²) in [6.07, 6.45) is 0.701. The minimum atomic E-state index is -1.35. The predicted molar refractivity (Wildman–Crippen MR) is 139 cm³/mol. The Morgan fingerprint density at radius 1 is 0.892 bits per heavy atom. The minimum absolute atomic E-state index is 0.165. The highest BCUT2D eigenvalue weighted by Crippen LogP contribution is 2.12. The molecule has 0 fully saturated rings. The van der Waals surface area contributed by atoms with E-state index < -0.39 is 53.8 Å². The topological polar surface area (TPSA) is 194 Å². The lowest BCUT2D eigenvalue weighted by Crippen LogP contribution is -2.59. The summed E-state index contributed by atoms with van der Waals surface area (Å²) in [5.74, 6) is -3.98. The van der Waals surface area contributed by atoms with Crippen molar-refractivity contribution in [3.63, 3.8) is 0 Å². The normalized spacial score (nSPS) is 15.1. The van der Waals surface area contributed by atoms with Crippen LogP contribution in [-0.2, 0) is 30.4 Å². The molecule has 0 saturated heterocycles. The van der Waals surface area contributed by atoms with E-state index in [4.69, 9.17) is 11.5 Å². The summed E-state index contributed by atoms with van der Waals surface area (Å²) in [4.78, 5) is 61.8. The summed E-state index contributed by atoms with van der Waals surface area (Å²) in [6, 6.07) is 4.83. The number of carbonyl (C=O) groups is 5. The van der Waals surface area contributed by atoms with Crippen molar-refractivity contribution in [3.8, 4) is 0 Å². The predicted octanol–water partition coefficient (Wildman–Crippen LogP) is 0.453. The van der Waals surface area contributed by atoms with Gasteiger partial charge in [0.25, 0.3) is 0 Å². The van der Waals surface area contributed by atoms with Gasteiger partial charge < -0.3 is 32.5 Å². The molecule has 0 bridgehead atoms. The molecule has 11 nitrogen and oxygen atoms in total. The Morgan fingerprint density at radius 2 is 1.49 bits per heavy atom. The average Bonchev–Trinajstić information content (AvgIpc) is 2.83. The number of benzene rings is 1. The molecule has 5 unspecified atom stereocenters. The van der Waals surface area contributed by atoms with E-state index in [0.717, 1.165) is 5.56 Å². The van der Waals surface area contributed by atoms with Gasteiger partial charge >= 0.3 is 5.97 Å². The van der Waals surface area contributed by atoms with Crippen LogP contribution in [-0.4, -0.2) is 58.9 Å². The van der Waals surface area contributed by atoms with Crippen LogP contribution < -0.4 is 27.4 Å². The summed E-state index contributed by atoms with van der Waals surface area (Å²) < 4.78 is 0. The molecular formula is C26H41N5O6. The van der Waals surface area contributed by atoms with Crippen LogP contribution in [0.3, 0.4) is 0 Å². The fraction of sp³-hybridized carbons (Fsp3) is 0.577. The first kappa shape index (κ1) is 31.6. The minimum Gasteiger partial charge on any atom is -0.480 e. The van der Waals surface area contributed by atoms with Crippen molar-refractivity contribution in [1.29, 1.82) is 0 Å². The van der Waals surface area contributed by atoms with Gasteiger partial charge in [-0.25, -0.2) is 4.79 Å². The molecule has 0 aliphatic heterocycles. The molecule has 0 spiro atoms. The van der Waals surface area contributed by atoms with Gasteiger partial charge in [0.05, 0.1) is 6.04 Å². The van der Waals surface area contributed by atoms with Gasteiger partial charge in [-0.15, -0.1) is 0 Å². The SMILES string of the molecule is CCC(C)C(NC(=O)C(Cc1ccccc1)NC(=O)C(N)CC(C)C)C(=O)NC(CCC(N)=O)C(=O)O. The second-order valence-corrected chi connectivity index (χ2v) is 9.76. The molecule has 1 rings (SSSR count). The van der Waals surface area contributed by atoms with E-state index in [1.807, 2.05) is 51.1 Å². The highest BCUT2D eigenvalue weighted by atomic mass is 16.4. The first-order chi connectivity index (χ1) is 17.3. The van der Waals surface area contributed by atoms with Gasteiger partial charge in [-0.2, -0.15) is 0 Å². The maximum atomic E-state index is 13.4. The highest BCUT2D eigenvalue weighted by Gasteiger charge is 2.33. The third-order valence-electron chi connectivity index (χ3n) is 6.06. The lowest BCUT2D eigenvalue weighted by Gasteiger charge is -2.28. The first-order valence-corrected chi connectivity index (χ1v) is 12.6. The van der Waals surface area contributed by atoms with E-state index in [1.165, 1.54) is 0 Å². The van der Waals surface area contributed by atoms with Gasteiger partial charge in [0.2, 0.25) is 23.6 Å². The van der Waals surface area contributed by atoms with Gasteiger partial charge in [-0.05, 0) is 30.2 Å². The van der Waals surface area contributed by atoms with Crippen molar-refractivity contribution < 1.29 is 29.1 Å². The Hall–Kier alpha value is -3.47. The monoisotopic (exact) mass is 519 g/mol. The number of rotatable bonds is 16. The summed E-state index contributed by atoms with van der Waals surface area (Å²) in [5.41, 5.74) is 11.9.